The van der Waals surface area contributed by atoms with Crippen molar-refractivity contribution in [3.63, 3.8) is 0 Å². The van der Waals surface area contributed by atoms with Gasteiger partial charge >= 0.3 is 5.97 Å². The van der Waals surface area contributed by atoms with Crippen molar-refractivity contribution in [3.05, 3.63) is 0 Å². The molecular weight excluding hydrogens is 244 g/mol. The third-order valence-electron chi connectivity index (χ3n) is 3.74. The summed E-state index contributed by atoms with van der Waals surface area (Å²) in [4.78, 5) is 23.0. The lowest BCUT2D eigenvalue weighted by Crippen LogP contribution is -2.42. The SMILES string of the molecule is CC(C)CC(CNC(=O)C1(C)CCNC1)CC(=O)O. The summed E-state index contributed by atoms with van der Waals surface area (Å²) in [5.74, 6) is -0.310. The first kappa shape index (κ1) is 16.0. The molecule has 1 fully saturated rings. The molecule has 0 radical (unpaired) electrons. The van der Waals surface area contributed by atoms with Crippen LogP contribution in [0, 0.1) is 17.3 Å². The molecule has 1 aliphatic heterocycles. The third-order valence-corrected chi connectivity index (χ3v) is 3.74. The van der Waals surface area contributed by atoms with Crippen molar-refractivity contribution in [2.45, 2.75) is 40.0 Å². The molecule has 1 heterocycles. The van der Waals surface area contributed by atoms with Crippen molar-refractivity contribution in [3.8, 4) is 0 Å². The molecule has 0 aromatic carbocycles. The van der Waals surface area contributed by atoms with Gasteiger partial charge in [0.1, 0.15) is 0 Å². The maximum atomic E-state index is 12.1. The molecule has 2 atom stereocenters. The average Bonchev–Trinajstić information content (AvgIpc) is 2.72. The Morgan fingerprint density at radius 2 is 2.11 bits per heavy atom. The summed E-state index contributed by atoms with van der Waals surface area (Å²) in [7, 11) is 0. The van der Waals surface area contributed by atoms with Gasteiger partial charge in [0, 0.05) is 19.5 Å². The van der Waals surface area contributed by atoms with Gasteiger partial charge < -0.3 is 15.7 Å². The molecule has 0 bridgehead atoms. The summed E-state index contributed by atoms with van der Waals surface area (Å²) in [5, 5.41) is 15.0. The van der Waals surface area contributed by atoms with Gasteiger partial charge in [0.25, 0.3) is 0 Å². The molecule has 19 heavy (non-hydrogen) atoms. The van der Waals surface area contributed by atoms with E-state index >= 15 is 0 Å². The Bertz CT molecular complexity index is 323. The van der Waals surface area contributed by atoms with Crippen molar-refractivity contribution in [2.24, 2.45) is 17.3 Å². The predicted molar refractivity (Wildman–Crippen MR) is 73.8 cm³/mol. The molecule has 1 amide bonds. The topological polar surface area (TPSA) is 78.4 Å². The lowest BCUT2D eigenvalue weighted by atomic mass is 9.88. The quantitative estimate of drug-likeness (QED) is 0.650. The van der Waals surface area contributed by atoms with Gasteiger partial charge in [-0.15, -0.1) is 0 Å². The molecule has 0 spiro atoms. The van der Waals surface area contributed by atoms with Crippen LogP contribution in [0.1, 0.15) is 40.0 Å². The van der Waals surface area contributed by atoms with Gasteiger partial charge in [0.15, 0.2) is 0 Å². The Kier molecular flexibility index (Phi) is 5.79. The minimum absolute atomic E-state index is 0.0133. The zero-order chi connectivity index (χ0) is 14.5. The van der Waals surface area contributed by atoms with Crippen molar-refractivity contribution < 1.29 is 14.7 Å². The molecule has 0 aliphatic carbocycles. The summed E-state index contributed by atoms with van der Waals surface area (Å²) in [5.41, 5.74) is -0.342. The van der Waals surface area contributed by atoms with Crippen LogP contribution < -0.4 is 10.6 Å². The Morgan fingerprint density at radius 3 is 2.58 bits per heavy atom. The second kappa shape index (κ2) is 6.89. The Labute approximate surface area is 115 Å². The number of hydrogen-bond acceptors (Lipinski definition) is 3. The highest BCUT2D eigenvalue weighted by atomic mass is 16.4. The van der Waals surface area contributed by atoms with Crippen LogP contribution in [0.5, 0.6) is 0 Å². The highest BCUT2D eigenvalue weighted by Gasteiger charge is 2.36. The molecule has 1 rings (SSSR count). The first-order valence-corrected chi connectivity index (χ1v) is 7.04. The fraction of sp³-hybridized carbons (Fsp3) is 0.857. The van der Waals surface area contributed by atoms with Gasteiger partial charge in [-0.1, -0.05) is 13.8 Å². The number of amides is 1. The van der Waals surface area contributed by atoms with E-state index in [9.17, 15) is 9.59 Å². The van der Waals surface area contributed by atoms with Gasteiger partial charge in [0.05, 0.1) is 5.41 Å². The number of carboxylic acids is 1. The zero-order valence-corrected chi connectivity index (χ0v) is 12.2. The van der Waals surface area contributed by atoms with E-state index in [2.05, 4.69) is 24.5 Å². The summed E-state index contributed by atoms with van der Waals surface area (Å²) in [6, 6.07) is 0. The molecule has 5 nitrogen and oxygen atoms in total. The van der Waals surface area contributed by atoms with Crippen LogP contribution in [0.15, 0.2) is 0 Å². The van der Waals surface area contributed by atoms with Gasteiger partial charge in [-0.25, -0.2) is 0 Å². The summed E-state index contributed by atoms with van der Waals surface area (Å²) in [6.07, 6.45) is 1.78. The van der Waals surface area contributed by atoms with Gasteiger partial charge in [0.2, 0.25) is 5.91 Å². The highest BCUT2D eigenvalue weighted by Crippen LogP contribution is 2.24. The number of nitrogens with one attached hydrogen (secondary N) is 2. The number of carbonyl (C=O) groups excluding carboxylic acids is 1. The molecule has 1 saturated heterocycles. The second-order valence-electron chi connectivity index (χ2n) is 6.29. The summed E-state index contributed by atoms with van der Waals surface area (Å²) >= 11 is 0. The molecular formula is C14H26N2O3. The van der Waals surface area contributed by atoms with E-state index in [0.717, 1.165) is 19.4 Å². The monoisotopic (exact) mass is 270 g/mol. The van der Waals surface area contributed by atoms with Gasteiger partial charge in [-0.05, 0) is 38.1 Å². The summed E-state index contributed by atoms with van der Waals surface area (Å²) in [6.45, 7) is 8.12. The number of aliphatic carboxylic acids is 1. The van der Waals surface area contributed by atoms with Crippen molar-refractivity contribution in [1.29, 1.82) is 0 Å². The Hall–Kier alpha value is -1.10. The second-order valence-corrected chi connectivity index (χ2v) is 6.29. The normalized spacial score (nSPS) is 24.4. The van der Waals surface area contributed by atoms with E-state index in [-0.39, 0.29) is 23.7 Å². The standard InChI is InChI=1S/C14H26N2O3/c1-10(2)6-11(7-12(17)18)8-16-13(19)14(3)4-5-15-9-14/h10-11,15H,4-9H2,1-3H3,(H,16,19)(H,17,18). The van der Waals surface area contributed by atoms with E-state index in [0.29, 0.717) is 19.0 Å². The lowest BCUT2D eigenvalue weighted by molar-refractivity contribution is -0.138. The number of carbonyl (C=O) groups is 2. The molecule has 110 valence electrons. The third kappa shape index (κ3) is 5.19. The first-order valence-electron chi connectivity index (χ1n) is 7.04. The largest absolute Gasteiger partial charge is 0.481 e. The minimum Gasteiger partial charge on any atom is -0.481 e. The smallest absolute Gasteiger partial charge is 0.303 e. The number of carboxylic acid groups (broad SMARTS) is 1. The fourth-order valence-corrected chi connectivity index (χ4v) is 2.61. The first-order chi connectivity index (χ1) is 8.83. The van der Waals surface area contributed by atoms with Crippen LogP contribution in [0.2, 0.25) is 0 Å². The maximum absolute atomic E-state index is 12.1. The van der Waals surface area contributed by atoms with E-state index in [1.54, 1.807) is 0 Å². The van der Waals surface area contributed by atoms with Crippen LogP contribution in [0.25, 0.3) is 0 Å². The molecule has 5 heteroatoms. The maximum Gasteiger partial charge on any atom is 0.303 e. The minimum atomic E-state index is -0.798. The van der Waals surface area contributed by atoms with E-state index in [1.165, 1.54) is 0 Å². The Balaban J connectivity index is 2.46. The van der Waals surface area contributed by atoms with Crippen LogP contribution in [0.3, 0.4) is 0 Å². The lowest BCUT2D eigenvalue weighted by Gasteiger charge is -2.24. The fourth-order valence-electron chi connectivity index (χ4n) is 2.61. The molecule has 1 aliphatic rings. The van der Waals surface area contributed by atoms with Crippen LogP contribution >= 0.6 is 0 Å². The van der Waals surface area contributed by atoms with Crippen LogP contribution in [-0.2, 0) is 9.59 Å². The van der Waals surface area contributed by atoms with Gasteiger partial charge in [-0.3, -0.25) is 9.59 Å². The molecule has 3 N–H and O–H groups in total. The molecule has 2 unspecified atom stereocenters. The average molecular weight is 270 g/mol. The van der Waals surface area contributed by atoms with Crippen molar-refractivity contribution in [1.82, 2.24) is 10.6 Å². The zero-order valence-electron chi connectivity index (χ0n) is 12.2. The summed E-state index contributed by atoms with van der Waals surface area (Å²) < 4.78 is 0. The van der Waals surface area contributed by atoms with E-state index in [1.807, 2.05) is 6.92 Å². The van der Waals surface area contributed by atoms with E-state index < -0.39 is 5.97 Å². The molecule has 0 aromatic heterocycles. The van der Waals surface area contributed by atoms with Gasteiger partial charge in [-0.2, -0.15) is 0 Å². The van der Waals surface area contributed by atoms with Crippen molar-refractivity contribution in [2.75, 3.05) is 19.6 Å². The molecule has 0 saturated carbocycles. The highest BCUT2D eigenvalue weighted by molar-refractivity contribution is 5.82. The Morgan fingerprint density at radius 1 is 1.42 bits per heavy atom. The van der Waals surface area contributed by atoms with E-state index in [4.69, 9.17) is 5.11 Å². The van der Waals surface area contributed by atoms with Crippen LogP contribution in [0.4, 0.5) is 0 Å². The van der Waals surface area contributed by atoms with Crippen LogP contribution in [-0.4, -0.2) is 36.6 Å². The number of rotatable bonds is 7. The predicted octanol–water partition coefficient (Wildman–Crippen LogP) is 1.24. The molecule has 0 aromatic rings. The van der Waals surface area contributed by atoms with Crippen molar-refractivity contribution >= 4 is 11.9 Å². The number of hydrogen-bond donors (Lipinski definition) is 3.